The number of aromatic nitrogens is 3. The Hall–Kier alpha value is -1.63. The van der Waals surface area contributed by atoms with Crippen molar-refractivity contribution in [3.05, 3.63) is 16.8 Å². The van der Waals surface area contributed by atoms with Gasteiger partial charge in [-0.25, -0.2) is 9.48 Å². The van der Waals surface area contributed by atoms with Crippen LogP contribution in [0.1, 0.15) is 25.7 Å². The molecule has 2 aliphatic rings. The van der Waals surface area contributed by atoms with E-state index in [0.29, 0.717) is 32.7 Å². The lowest BCUT2D eigenvalue weighted by Gasteiger charge is -2.52. The van der Waals surface area contributed by atoms with E-state index < -0.39 is 0 Å². The van der Waals surface area contributed by atoms with Crippen LogP contribution in [0.3, 0.4) is 0 Å². The summed E-state index contributed by atoms with van der Waals surface area (Å²) in [4.78, 5) is 26.1. The monoisotopic (exact) mass is 280 g/mol. The summed E-state index contributed by atoms with van der Waals surface area (Å²) in [6, 6.07) is 0. The molecule has 1 aliphatic carbocycles. The predicted octanol–water partition coefficient (Wildman–Crippen LogP) is -0.247. The average molecular weight is 280 g/mol. The SMILES string of the molecule is Cn1cnn(CCC(=O)N2CCOCC23CCC3)c1=O. The summed E-state index contributed by atoms with van der Waals surface area (Å²) in [5.74, 6) is 0.102. The van der Waals surface area contributed by atoms with Gasteiger partial charge >= 0.3 is 5.69 Å². The maximum atomic E-state index is 12.4. The van der Waals surface area contributed by atoms with E-state index in [4.69, 9.17) is 4.74 Å². The van der Waals surface area contributed by atoms with Gasteiger partial charge < -0.3 is 9.64 Å². The van der Waals surface area contributed by atoms with E-state index in [0.717, 1.165) is 19.3 Å². The van der Waals surface area contributed by atoms with Gasteiger partial charge in [0.15, 0.2) is 0 Å². The molecule has 1 aromatic heterocycles. The maximum absolute atomic E-state index is 12.4. The number of morpholine rings is 1. The largest absolute Gasteiger partial charge is 0.377 e. The summed E-state index contributed by atoms with van der Waals surface area (Å²) in [6.45, 7) is 2.27. The summed E-state index contributed by atoms with van der Waals surface area (Å²) >= 11 is 0. The number of hydrogen-bond acceptors (Lipinski definition) is 4. The molecule has 1 spiro atoms. The maximum Gasteiger partial charge on any atom is 0.345 e. The number of ether oxygens (including phenoxy) is 1. The van der Waals surface area contributed by atoms with E-state index in [1.807, 2.05) is 4.90 Å². The van der Waals surface area contributed by atoms with Crippen LogP contribution in [0.5, 0.6) is 0 Å². The standard InChI is InChI=1S/C13H20N4O3/c1-15-10-14-17(12(15)19)6-3-11(18)16-7-8-20-9-13(16)4-2-5-13/h10H,2-9H2,1H3. The Morgan fingerprint density at radius 1 is 1.50 bits per heavy atom. The molecule has 0 atom stereocenters. The van der Waals surface area contributed by atoms with Gasteiger partial charge in [0, 0.05) is 20.0 Å². The zero-order valence-corrected chi connectivity index (χ0v) is 11.7. The normalized spacial score (nSPS) is 20.9. The predicted molar refractivity (Wildman–Crippen MR) is 71.2 cm³/mol. The van der Waals surface area contributed by atoms with E-state index in [1.165, 1.54) is 15.6 Å². The quantitative estimate of drug-likeness (QED) is 0.766. The number of hydrogen-bond donors (Lipinski definition) is 0. The van der Waals surface area contributed by atoms with Crippen LogP contribution in [0.15, 0.2) is 11.1 Å². The molecule has 110 valence electrons. The van der Waals surface area contributed by atoms with Gasteiger partial charge in [0.25, 0.3) is 0 Å². The van der Waals surface area contributed by atoms with Crippen molar-refractivity contribution in [2.75, 3.05) is 19.8 Å². The molecule has 0 bridgehead atoms. The summed E-state index contributed by atoms with van der Waals surface area (Å²) in [6.07, 6.45) is 5.00. The molecule has 0 unspecified atom stereocenters. The topological polar surface area (TPSA) is 69.4 Å². The van der Waals surface area contributed by atoms with Crippen molar-refractivity contribution in [3.63, 3.8) is 0 Å². The summed E-state index contributed by atoms with van der Waals surface area (Å²) < 4.78 is 8.28. The number of amides is 1. The van der Waals surface area contributed by atoms with Crippen molar-refractivity contribution in [2.24, 2.45) is 7.05 Å². The molecule has 7 nitrogen and oxygen atoms in total. The molecule has 0 N–H and O–H groups in total. The first kappa shape index (κ1) is 13.4. The number of carbonyl (C=O) groups is 1. The van der Waals surface area contributed by atoms with Gasteiger partial charge in [-0.2, -0.15) is 5.10 Å². The smallest absolute Gasteiger partial charge is 0.345 e. The molecule has 1 amide bonds. The third-order valence-corrected chi connectivity index (χ3v) is 4.41. The fraction of sp³-hybridized carbons (Fsp3) is 0.769. The molecule has 1 saturated heterocycles. The second-order valence-corrected chi connectivity index (χ2v) is 5.67. The molecular weight excluding hydrogens is 260 g/mol. The van der Waals surface area contributed by atoms with Crippen LogP contribution in [-0.2, 0) is 23.1 Å². The molecule has 1 saturated carbocycles. The van der Waals surface area contributed by atoms with Gasteiger partial charge in [-0.05, 0) is 19.3 Å². The van der Waals surface area contributed by atoms with Crippen molar-refractivity contribution in [3.8, 4) is 0 Å². The Bertz CT molecular complexity index is 558. The molecule has 2 fully saturated rings. The highest BCUT2D eigenvalue weighted by Gasteiger charge is 2.46. The fourth-order valence-corrected chi connectivity index (χ4v) is 3.03. The van der Waals surface area contributed by atoms with Gasteiger partial charge in [0.05, 0.1) is 25.3 Å². The highest BCUT2D eigenvalue weighted by atomic mass is 16.5. The molecule has 1 aliphatic heterocycles. The lowest BCUT2D eigenvalue weighted by atomic mass is 9.75. The summed E-state index contributed by atoms with van der Waals surface area (Å²) in [5, 5.41) is 3.97. The average Bonchev–Trinajstić information content (AvgIpc) is 2.74. The van der Waals surface area contributed by atoms with Crippen LogP contribution < -0.4 is 5.69 Å². The van der Waals surface area contributed by atoms with Gasteiger partial charge in [-0.1, -0.05) is 0 Å². The Labute approximate surface area is 117 Å². The fourth-order valence-electron chi connectivity index (χ4n) is 3.03. The molecule has 7 heteroatoms. The molecular formula is C13H20N4O3. The van der Waals surface area contributed by atoms with E-state index in [1.54, 1.807) is 7.05 Å². The van der Waals surface area contributed by atoms with Gasteiger partial charge in [-0.15, -0.1) is 0 Å². The van der Waals surface area contributed by atoms with Crippen molar-refractivity contribution in [2.45, 2.75) is 37.8 Å². The van der Waals surface area contributed by atoms with Crippen LogP contribution in [-0.4, -0.2) is 50.5 Å². The summed E-state index contributed by atoms with van der Waals surface area (Å²) in [7, 11) is 1.65. The Balaban J connectivity index is 1.64. The van der Waals surface area contributed by atoms with Crippen LogP contribution in [0.25, 0.3) is 0 Å². The van der Waals surface area contributed by atoms with Crippen LogP contribution in [0.4, 0.5) is 0 Å². The second kappa shape index (κ2) is 5.05. The molecule has 3 rings (SSSR count). The van der Waals surface area contributed by atoms with E-state index in [9.17, 15) is 9.59 Å². The number of rotatable bonds is 3. The summed E-state index contributed by atoms with van der Waals surface area (Å²) in [5.41, 5.74) is -0.247. The zero-order valence-electron chi connectivity index (χ0n) is 11.7. The zero-order chi connectivity index (χ0) is 14.2. The van der Waals surface area contributed by atoms with Gasteiger partial charge in [0.1, 0.15) is 6.33 Å². The highest BCUT2D eigenvalue weighted by molar-refractivity contribution is 5.77. The Kier molecular flexibility index (Phi) is 3.37. The van der Waals surface area contributed by atoms with E-state index in [2.05, 4.69) is 5.10 Å². The molecule has 0 aromatic carbocycles. The first-order valence-electron chi connectivity index (χ1n) is 7.09. The van der Waals surface area contributed by atoms with Gasteiger partial charge in [-0.3, -0.25) is 9.36 Å². The van der Waals surface area contributed by atoms with Crippen LogP contribution >= 0.6 is 0 Å². The minimum atomic E-state index is -0.182. The Morgan fingerprint density at radius 3 is 2.90 bits per heavy atom. The molecule has 2 heterocycles. The third kappa shape index (κ3) is 2.15. The van der Waals surface area contributed by atoms with Crippen molar-refractivity contribution in [1.82, 2.24) is 19.2 Å². The minimum absolute atomic E-state index is 0.0651. The van der Waals surface area contributed by atoms with Crippen molar-refractivity contribution < 1.29 is 9.53 Å². The third-order valence-electron chi connectivity index (χ3n) is 4.41. The number of carbonyl (C=O) groups excluding carboxylic acids is 1. The van der Waals surface area contributed by atoms with Crippen molar-refractivity contribution in [1.29, 1.82) is 0 Å². The first-order chi connectivity index (χ1) is 9.62. The molecule has 20 heavy (non-hydrogen) atoms. The lowest BCUT2D eigenvalue weighted by Crippen LogP contribution is -2.62. The second-order valence-electron chi connectivity index (χ2n) is 5.67. The number of nitrogens with zero attached hydrogens (tertiary/aromatic N) is 4. The lowest BCUT2D eigenvalue weighted by molar-refractivity contribution is -0.158. The first-order valence-corrected chi connectivity index (χ1v) is 7.09. The van der Waals surface area contributed by atoms with E-state index >= 15 is 0 Å². The van der Waals surface area contributed by atoms with Crippen LogP contribution in [0, 0.1) is 0 Å². The molecule has 1 aromatic rings. The highest BCUT2D eigenvalue weighted by Crippen LogP contribution is 2.39. The minimum Gasteiger partial charge on any atom is -0.377 e. The number of aryl methyl sites for hydroxylation is 2. The van der Waals surface area contributed by atoms with Crippen molar-refractivity contribution >= 4 is 5.91 Å². The van der Waals surface area contributed by atoms with E-state index in [-0.39, 0.29) is 17.1 Å². The Morgan fingerprint density at radius 2 is 2.30 bits per heavy atom. The molecule has 0 radical (unpaired) electrons. The van der Waals surface area contributed by atoms with Crippen LogP contribution in [0.2, 0.25) is 0 Å². The van der Waals surface area contributed by atoms with Gasteiger partial charge in [0.2, 0.25) is 5.91 Å².